The Hall–Kier alpha value is -6.59. The van der Waals surface area contributed by atoms with E-state index in [1.807, 2.05) is 79.4 Å². The predicted octanol–water partition coefficient (Wildman–Crippen LogP) is 10.3. The first-order valence-electron chi connectivity index (χ1n) is 15.8. The van der Waals surface area contributed by atoms with E-state index >= 15 is 0 Å². The van der Waals surface area contributed by atoms with Crippen LogP contribution in [0.15, 0.2) is 176 Å². The third-order valence-electron chi connectivity index (χ3n) is 8.37. The lowest BCUT2D eigenvalue weighted by Crippen LogP contribution is -2.00. The Kier molecular flexibility index (Phi) is 7.83. The topological polar surface area (TPSA) is 64.5 Å². The zero-order chi connectivity index (χ0) is 32.1. The largest absolute Gasteiger partial charge is 0.265 e. The third kappa shape index (κ3) is 6.13. The van der Waals surface area contributed by atoms with E-state index in [1.165, 1.54) is 0 Å². The normalized spacial score (nSPS) is 10.9. The highest BCUT2D eigenvalue weighted by Crippen LogP contribution is 2.31. The fourth-order valence-corrected chi connectivity index (χ4v) is 5.83. The second-order valence-corrected chi connectivity index (χ2v) is 11.5. The van der Waals surface area contributed by atoms with E-state index in [0.717, 1.165) is 61.2 Å². The van der Waals surface area contributed by atoms with Crippen molar-refractivity contribution in [2.24, 2.45) is 0 Å². The Morgan fingerprint density at radius 3 is 0.958 bits per heavy atom. The van der Waals surface area contributed by atoms with Gasteiger partial charge in [0, 0.05) is 41.5 Å². The summed E-state index contributed by atoms with van der Waals surface area (Å²) in [4.78, 5) is 23.3. The first-order chi connectivity index (χ1) is 23.8. The van der Waals surface area contributed by atoms with Gasteiger partial charge in [0.25, 0.3) is 0 Å². The molecule has 5 nitrogen and oxygen atoms in total. The number of hydrogen-bond acceptors (Lipinski definition) is 5. The average molecular weight is 616 g/mol. The molecule has 5 aromatic carbocycles. The molecule has 48 heavy (non-hydrogen) atoms. The second-order valence-electron chi connectivity index (χ2n) is 11.5. The molecule has 8 aromatic rings. The van der Waals surface area contributed by atoms with Crippen LogP contribution in [0.3, 0.4) is 0 Å². The van der Waals surface area contributed by atoms with Crippen LogP contribution in [0, 0.1) is 0 Å². The summed E-state index contributed by atoms with van der Waals surface area (Å²) in [5.74, 6) is 1.89. The van der Waals surface area contributed by atoms with Gasteiger partial charge in [-0.1, -0.05) is 115 Å². The molecule has 0 saturated carbocycles. The summed E-state index contributed by atoms with van der Waals surface area (Å²) < 4.78 is 0. The molecule has 0 radical (unpaired) electrons. The highest BCUT2D eigenvalue weighted by molar-refractivity contribution is 5.77. The van der Waals surface area contributed by atoms with E-state index in [4.69, 9.17) is 15.0 Å². The molecule has 0 N–H and O–H groups in total. The number of hydrogen-bond donors (Lipinski definition) is 0. The highest BCUT2D eigenvalue weighted by Gasteiger charge is 2.14. The van der Waals surface area contributed by atoms with E-state index < -0.39 is 0 Å². The SMILES string of the molecule is c1ccc(-c2nc(-c3cccc(-c4ccc(-c5ccncc5)cc4)c3)nc(-c3cccc(-c4ccc(-c5ccncc5)cc4)c3)n2)cc1. The molecular weight excluding hydrogens is 587 g/mol. The third-order valence-corrected chi connectivity index (χ3v) is 8.37. The van der Waals surface area contributed by atoms with Crippen LogP contribution in [0.2, 0.25) is 0 Å². The number of rotatable bonds is 7. The zero-order valence-corrected chi connectivity index (χ0v) is 26.0. The molecule has 5 heteroatoms. The van der Waals surface area contributed by atoms with Crippen molar-refractivity contribution in [2.75, 3.05) is 0 Å². The molecule has 0 aliphatic rings. The quantitative estimate of drug-likeness (QED) is 0.178. The van der Waals surface area contributed by atoms with Gasteiger partial charge in [0.1, 0.15) is 0 Å². The fraction of sp³-hybridized carbons (Fsp3) is 0. The maximum atomic E-state index is 5.04. The molecule has 0 bridgehead atoms. The molecule has 0 amide bonds. The van der Waals surface area contributed by atoms with Crippen molar-refractivity contribution in [3.8, 4) is 78.7 Å². The molecule has 0 aliphatic carbocycles. The molecule has 3 heterocycles. The van der Waals surface area contributed by atoms with Crippen LogP contribution in [0.1, 0.15) is 0 Å². The van der Waals surface area contributed by atoms with Crippen LogP contribution >= 0.6 is 0 Å². The Bertz CT molecular complexity index is 2160. The Balaban J connectivity index is 1.16. The monoisotopic (exact) mass is 615 g/mol. The molecule has 0 atom stereocenters. The van der Waals surface area contributed by atoms with Crippen molar-refractivity contribution in [1.82, 2.24) is 24.9 Å². The van der Waals surface area contributed by atoms with Gasteiger partial charge in [0.05, 0.1) is 0 Å². The van der Waals surface area contributed by atoms with Crippen LogP contribution in [-0.4, -0.2) is 24.9 Å². The van der Waals surface area contributed by atoms with Gasteiger partial charge < -0.3 is 0 Å². The number of nitrogens with zero attached hydrogens (tertiary/aromatic N) is 5. The van der Waals surface area contributed by atoms with Gasteiger partial charge in [0.15, 0.2) is 17.5 Å². The summed E-state index contributed by atoms with van der Waals surface area (Å²) in [5.41, 5.74) is 11.8. The maximum absolute atomic E-state index is 5.04. The molecule has 3 aromatic heterocycles. The smallest absolute Gasteiger partial charge is 0.164 e. The Labute approximate surface area is 279 Å². The average Bonchev–Trinajstić information content (AvgIpc) is 3.19. The highest BCUT2D eigenvalue weighted by atomic mass is 15.0. The van der Waals surface area contributed by atoms with Crippen LogP contribution in [0.4, 0.5) is 0 Å². The fourth-order valence-electron chi connectivity index (χ4n) is 5.83. The first-order valence-corrected chi connectivity index (χ1v) is 15.8. The maximum Gasteiger partial charge on any atom is 0.164 e. The summed E-state index contributed by atoms with van der Waals surface area (Å²) in [6.45, 7) is 0. The van der Waals surface area contributed by atoms with Crippen molar-refractivity contribution in [3.63, 3.8) is 0 Å². The number of pyridine rings is 2. The first kappa shape index (κ1) is 28.9. The van der Waals surface area contributed by atoms with Crippen molar-refractivity contribution in [1.29, 1.82) is 0 Å². The molecular formula is C43H29N5. The Morgan fingerprint density at radius 2 is 0.542 bits per heavy atom. The van der Waals surface area contributed by atoms with E-state index in [0.29, 0.717) is 17.5 Å². The van der Waals surface area contributed by atoms with Gasteiger partial charge in [-0.25, -0.2) is 15.0 Å². The summed E-state index contributed by atoms with van der Waals surface area (Å²) >= 11 is 0. The van der Waals surface area contributed by atoms with Gasteiger partial charge in [-0.15, -0.1) is 0 Å². The molecule has 0 spiro atoms. The van der Waals surface area contributed by atoms with Crippen molar-refractivity contribution < 1.29 is 0 Å². The van der Waals surface area contributed by atoms with Crippen LogP contribution in [0.25, 0.3) is 78.7 Å². The standard InChI is InChI=1S/C43H29N5/c1-2-6-36(7-3-1)41-46-42(39-10-4-8-37(28-39)32-16-12-30(13-17-32)34-20-24-44-25-21-34)48-43(47-41)40-11-5-9-38(29-40)33-18-14-31(15-19-33)35-22-26-45-27-23-35/h1-29H. The predicted molar refractivity (Wildman–Crippen MR) is 193 cm³/mol. The van der Waals surface area contributed by atoms with E-state index in [9.17, 15) is 0 Å². The Morgan fingerprint density at radius 1 is 0.229 bits per heavy atom. The zero-order valence-electron chi connectivity index (χ0n) is 26.0. The van der Waals surface area contributed by atoms with Crippen LogP contribution in [0.5, 0.6) is 0 Å². The van der Waals surface area contributed by atoms with E-state index in [1.54, 1.807) is 0 Å². The lowest BCUT2D eigenvalue weighted by atomic mass is 9.99. The molecule has 226 valence electrons. The summed E-state index contributed by atoms with van der Waals surface area (Å²) in [6.07, 6.45) is 7.27. The lowest BCUT2D eigenvalue weighted by Gasteiger charge is -2.11. The van der Waals surface area contributed by atoms with Crippen molar-refractivity contribution in [3.05, 3.63) is 176 Å². The van der Waals surface area contributed by atoms with Gasteiger partial charge in [-0.2, -0.15) is 0 Å². The number of aromatic nitrogens is 5. The van der Waals surface area contributed by atoms with Crippen molar-refractivity contribution >= 4 is 0 Å². The molecule has 0 aliphatic heterocycles. The van der Waals surface area contributed by atoms with Gasteiger partial charge >= 0.3 is 0 Å². The van der Waals surface area contributed by atoms with E-state index in [2.05, 4.69) is 107 Å². The van der Waals surface area contributed by atoms with Crippen LogP contribution < -0.4 is 0 Å². The van der Waals surface area contributed by atoms with Gasteiger partial charge in [-0.3, -0.25) is 9.97 Å². The molecule has 8 rings (SSSR count). The summed E-state index contributed by atoms with van der Waals surface area (Å²) in [6, 6.07) is 52.1. The number of benzene rings is 5. The van der Waals surface area contributed by atoms with Crippen LogP contribution in [-0.2, 0) is 0 Å². The van der Waals surface area contributed by atoms with Gasteiger partial charge in [-0.05, 0) is 80.9 Å². The van der Waals surface area contributed by atoms with E-state index in [-0.39, 0.29) is 0 Å². The molecule has 0 unspecified atom stereocenters. The minimum atomic E-state index is 0.626. The molecule has 0 saturated heterocycles. The lowest BCUT2D eigenvalue weighted by molar-refractivity contribution is 1.07. The minimum Gasteiger partial charge on any atom is -0.265 e. The summed E-state index contributed by atoms with van der Waals surface area (Å²) in [5, 5.41) is 0. The second kappa shape index (κ2) is 13.0. The summed E-state index contributed by atoms with van der Waals surface area (Å²) in [7, 11) is 0. The van der Waals surface area contributed by atoms with Gasteiger partial charge in [0.2, 0.25) is 0 Å². The van der Waals surface area contributed by atoms with Crippen molar-refractivity contribution in [2.45, 2.75) is 0 Å². The molecule has 0 fully saturated rings. The minimum absolute atomic E-state index is 0.626.